The monoisotopic (exact) mass is 615 g/mol. The van der Waals surface area contributed by atoms with E-state index < -0.39 is 23.9 Å². The van der Waals surface area contributed by atoms with Crippen molar-refractivity contribution in [3.05, 3.63) is 102 Å². The Labute approximate surface area is 265 Å². The lowest BCUT2D eigenvalue weighted by Gasteiger charge is -2.23. The van der Waals surface area contributed by atoms with E-state index in [1.54, 1.807) is 30.3 Å². The Morgan fingerprint density at radius 2 is 1.38 bits per heavy atom. The SMILES string of the molecule is NCCCC[C@H](NC(=O)[C@H](CCCN=C(N)N)NC(=O)c1ccccc1)C(=O)NCCc1ccc(OCc2ccccc2)cc1. The molecule has 9 N–H and O–H groups in total. The maximum atomic E-state index is 13.4. The maximum absolute atomic E-state index is 13.4. The highest BCUT2D eigenvalue weighted by Gasteiger charge is 2.26. The smallest absolute Gasteiger partial charge is 0.251 e. The summed E-state index contributed by atoms with van der Waals surface area (Å²) >= 11 is 0. The lowest BCUT2D eigenvalue weighted by Crippen LogP contribution is -2.54. The Morgan fingerprint density at radius 3 is 2.04 bits per heavy atom. The Bertz CT molecular complexity index is 1350. The van der Waals surface area contributed by atoms with Gasteiger partial charge in [-0.3, -0.25) is 19.4 Å². The summed E-state index contributed by atoms with van der Waals surface area (Å²) in [7, 11) is 0. The van der Waals surface area contributed by atoms with Gasteiger partial charge in [0, 0.05) is 18.7 Å². The van der Waals surface area contributed by atoms with Crippen molar-refractivity contribution in [3.8, 4) is 5.75 Å². The van der Waals surface area contributed by atoms with Crippen LogP contribution < -0.4 is 37.9 Å². The summed E-state index contributed by atoms with van der Waals surface area (Å²) in [5.41, 5.74) is 19.1. The number of nitrogens with two attached hydrogens (primary N) is 3. The molecule has 2 atom stereocenters. The number of hydrogen-bond acceptors (Lipinski definition) is 6. The van der Waals surface area contributed by atoms with Gasteiger partial charge in [-0.15, -0.1) is 0 Å². The molecule has 0 saturated carbocycles. The number of nitrogens with zero attached hydrogens (tertiary/aromatic N) is 1. The highest BCUT2D eigenvalue weighted by Crippen LogP contribution is 2.15. The first-order chi connectivity index (χ1) is 21.9. The first-order valence-electron chi connectivity index (χ1n) is 15.3. The van der Waals surface area contributed by atoms with E-state index >= 15 is 0 Å². The van der Waals surface area contributed by atoms with Crippen molar-refractivity contribution >= 4 is 23.7 Å². The number of carbonyl (C=O) groups is 3. The van der Waals surface area contributed by atoms with Crippen LogP contribution in [-0.4, -0.2) is 55.4 Å². The zero-order valence-electron chi connectivity index (χ0n) is 25.6. The Morgan fingerprint density at radius 1 is 0.733 bits per heavy atom. The normalized spacial score (nSPS) is 11.9. The molecule has 0 aliphatic carbocycles. The van der Waals surface area contributed by atoms with E-state index in [1.165, 1.54) is 0 Å². The van der Waals surface area contributed by atoms with Crippen LogP contribution in [0.2, 0.25) is 0 Å². The molecule has 0 aromatic heterocycles. The highest BCUT2D eigenvalue weighted by molar-refractivity contribution is 5.98. The number of rotatable bonds is 19. The number of aliphatic imine (C=N–C) groups is 1. The number of carbonyl (C=O) groups excluding carboxylic acids is 3. The second kappa shape index (κ2) is 19.4. The van der Waals surface area contributed by atoms with Crippen molar-refractivity contribution in [1.29, 1.82) is 0 Å². The van der Waals surface area contributed by atoms with E-state index in [0.717, 1.165) is 16.9 Å². The van der Waals surface area contributed by atoms with Crippen molar-refractivity contribution in [1.82, 2.24) is 16.0 Å². The van der Waals surface area contributed by atoms with Gasteiger partial charge in [-0.05, 0) is 80.5 Å². The van der Waals surface area contributed by atoms with E-state index in [2.05, 4.69) is 20.9 Å². The zero-order chi connectivity index (χ0) is 32.3. The fraction of sp³-hybridized carbons (Fsp3) is 0.353. The fourth-order valence-electron chi connectivity index (χ4n) is 4.58. The largest absolute Gasteiger partial charge is 0.489 e. The predicted octanol–water partition coefficient (Wildman–Crippen LogP) is 2.39. The van der Waals surface area contributed by atoms with Gasteiger partial charge in [-0.2, -0.15) is 0 Å². The van der Waals surface area contributed by atoms with Crippen molar-refractivity contribution in [2.75, 3.05) is 19.6 Å². The van der Waals surface area contributed by atoms with Gasteiger partial charge in [0.05, 0.1) is 0 Å². The molecule has 3 aromatic carbocycles. The molecule has 0 heterocycles. The maximum Gasteiger partial charge on any atom is 0.251 e. The molecule has 0 aliphatic heterocycles. The summed E-state index contributed by atoms with van der Waals surface area (Å²) in [4.78, 5) is 43.5. The summed E-state index contributed by atoms with van der Waals surface area (Å²) in [6, 6.07) is 24.6. The molecule has 11 heteroatoms. The van der Waals surface area contributed by atoms with Gasteiger partial charge in [0.2, 0.25) is 11.8 Å². The van der Waals surface area contributed by atoms with Gasteiger partial charge >= 0.3 is 0 Å². The number of ether oxygens (including phenoxy) is 1. The molecule has 0 radical (unpaired) electrons. The Balaban J connectivity index is 1.57. The second-order valence-electron chi connectivity index (χ2n) is 10.6. The van der Waals surface area contributed by atoms with E-state index in [-0.39, 0.29) is 18.3 Å². The van der Waals surface area contributed by atoms with Gasteiger partial charge in [-0.25, -0.2) is 0 Å². The average Bonchev–Trinajstić information content (AvgIpc) is 3.06. The summed E-state index contributed by atoms with van der Waals surface area (Å²) < 4.78 is 5.85. The standard InChI is InChI=1S/C34H45N7O4/c35-21-8-7-14-29(32(43)38-23-20-25-16-18-28(19-17-25)45-24-26-10-3-1-4-11-26)41-33(44)30(15-9-22-39-34(36)37)40-31(42)27-12-5-2-6-13-27/h1-6,10-13,16-19,29-30H,7-9,14-15,20-24,35H2,(H,38,43)(H,40,42)(H,41,44)(H4,36,37,39)/t29-,30-/m0/s1. The van der Waals surface area contributed by atoms with Crippen molar-refractivity contribution in [2.24, 2.45) is 22.2 Å². The topological polar surface area (TPSA) is 187 Å². The number of unbranched alkanes of at least 4 members (excludes halogenated alkanes) is 1. The van der Waals surface area contributed by atoms with E-state index in [1.807, 2.05) is 54.6 Å². The minimum absolute atomic E-state index is 0.0479. The van der Waals surface area contributed by atoms with Gasteiger partial charge in [0.15, 0.2) is 5.96 Å². The van der Waals surface area contributed by atoms with Crippen molar-refractivity contribution in [2.45, 2.75) is 57.2 Å². The molecule has 3 amide bonds. The third-order valence-corrected chi connectivity index (χ3v) is 7.07. The molecule has 0 fully saturated rings. The summed E-state index contributed by atoms with van der Waals surface area (Å²) in [6.45, 7) is 1.65. The molecular formula is C34H45N7O4. The lowest BCUT2D eigenvalue weighted by molar-refractivity contribution is -0.130. The minimum Gasteiger partial charge on any atom is -0.489 e. The third kappa shape index (κ3) is 13.1. The van der Waals surface area contributed by atoms with Gasteiger partial charge in [-0.1, -0.05) is 60.7 Å². The van der Waals surface area contributed by atoms with Crippen molar-refractivity contribution in [3.63, 3.8) is 0 Å². The molecule has 3 rings (SSSR count). The number of benzene rings is 3. The molecular weight excluding hydrogens is 570 g/mol. The van der Waals surface area contributed by atoms with Crippen LogP contribution in [0.15, 0.2) is 89.9 Å². The van der Waals surface area contributed by atoms with E-state index in [4.69, 9.17) is 21.9 Å². The predicted molar refractivity (Wildman–Crippen MR) is 176 cm³/mol. The van der Waals surface area contributed by atoms with Crippen LogP contribution in [0.3, 0.4) is 0 Å². The van der Waals surface area contributed by atoms with Crippen LogP contribution in [0.1, 0.15) is 53.6 Å². The van der Waals surface area contributed by atoms with Gasteiger partial charge in [0.1, 0.15) is 24.4 Å². The Hall–Kier alpha value is -4.90. The third-order valence-electron chi connectivity index (χ3n) is 7.07. The van der Waals surface area contributed by atoms with Crippen LogP contribution in [0.5, 0.6) is 5.75 Å². The van der Waals surface area contributed by atoms with Crippen LogP contribution in [0.25, 0.3) is 0 Å². The van der Waals surface area contributed by atoms with Crippen LogP contribution in [-0.2, 0) is 22.6 Å². The molecule has 3 aromatic rings. The van der Waals surface area contributed by atoms with Crippen LogP contribution in [0, 0.1) is 0 Å². The van der Waals surface area contributed by atoms with Gasteiger partial charge < -0.3 is 37.9 Å². The van der Waals surface area contributed by atoms with Crippen molar-refractivity contribution < 1.29 is 19.1 Å². The summed E-state index contributed by atoms with van der Waals surface area (Å²) in [5.74, 6) is -0.423. The minimum atomic E-state index is -0.890. The molecule has 11 nitrogen and oxygen atoms in total. The highest BCUT2D eigenvalue weighted by atomic mass is 16.5. The number of guanidine groups is 1. The molecule has 0 saturated heterocycles. The molecule has 0 unspecified atom stereocenters. The molecule has 0 bridgehead atoms. The first-order valence-corrected chi connectivity index (χ1v) is 15.3. The fourth-order valence-corrected chi connectivity index (χ4v) is 4.58. The number of amides is 3. The van der Waals surface area contributed by atoms with Crippen LogP contribution >= 0.6 is 0 Å². The zero-order valence-corrected chi connectivity index (χ0v) is 25.6. The molecule has 0 spiro atoms. The number of nitrogens with one attached hydrogen (secondary N) is 3. The lowest BCUT2D eigenvalue weighted by atomic mass is 10.1. The Kier molecular flexibility index (Phi) is 14.9. The molecule has 0 aliphatic rings. The van der Waals surface area contributed by atoms with Crippen LogP contribution in [0.4, 0.5) is 0 Å². The summed E-state index contributed by atoms with van der Waals surface area (Å²) in [6.07, 6.45) is 3.12. The average molecular weight is 616 g/mol. The first kappa shape index (κ1) is 34.6. The van der Waals surface area contributed by atoms with E-state index in [9.17, 15) is 14.4 Å². The summed E-state index contributed by atoms with van der Waals surface area (Å²) in [5, 5.41) is 8.60. The van der Waals surface area contributed by atoms with Gasteiger partial charge in [0.25, 0.3) is 5.91 Å². The second-order valence-corrected chi connectivity index (χ2v) is 10.6. The number of hydrogen-bond donors (Lipinski definition) is 6. The quantitative estimate of drug-likeness (QED) is 0.0678. The van der Waals surface area contributed by atoms with E-state index in [0.29, 0.717) is 63.9 Å². The molecule has 45 heavy (non-hydrogen) atoms. The molecule has 240 valence electrons.